The summed E-state index contributed by atoms with van der Waals surface area (Å²) in [6.07, 6.45) is 11.6. The second-order valence-corrected chi connectivity index (χ2v) is 6.35. The molecule has 3 aromatic rings. The summed E-state index contributed by atoms with van der Waals surface area (Å²) in [5.41, 5.74) is 7.27. The van der Waals surface area contributed by atoms with Gasteiger partial charge in [-0.3, -0.25) is 0 Å². The van der Waals surface area contributed by atoms with Gasteiger partial charge in [0, 0.05) is 11.4 Å². The van der Waals surface area contributed by atoms with Crippen molar-refractivity contribution in [1.82, 2.24) is 0 Å². The minimum absolute atomic E-state index is 0.973. The Kier molecular flexibility index (Phi) is 4.79. The molecule has 1 N–H and O–H groups in total. The second kappa shape index (κ2) is 7.71. The van der Waals surface area contributed by atoms with Crippen LogP contribution in [0.25, 0.3) is 16.7 Å². The zero-order chi connectivity index (χ0) is 17.6. The number of rotatable bonds is 4. The summed E-state index contributed by atoms with van der Waals surface area (Å²) in [4.78, 5) is 0. The van der Waals surface area contributed by atoms with E-state index in [1.807, 2.05) is 6.07 Å². The highest BCUT2D eigenvalue weighted by molar-refractivity contribution is 5.72. The molecule has 0 saturated carbocycles. The smallest absolute Gasteiger partial charge is 0.0384 e. The maximum Gasteiger partial charge on any atom is 0.0384 e. The molecule has 4 rings (SSSR count). The van der Waals surface area contributed by atoms with E-state index in [1.165, 1.54) is 22.3 Å². The molecule has 0 heterocycles. The molecule has 26 heavy (non-hydrogen) atoms. The van der Waals surface area contributed by atoms with Gasteiger partial charge in [0.05, 0.1) is 0 Å². The standard InChI is InChI=1S/C25H21N/c1-2-5-9-20(8-4-1)22-12-16-24(17-13-22)26-25-18-14-23(15-19-25)21-10-6-3-7-11-21/h1-8,10-19,26H,9H2. The van der Waals surface area contributed by atoms with Crippen molar-refractivity contribution < 1.29 is 0 Å². The molecular formula is C25H21N. The molecule has 0 saturated heterocycles. The number of hydrogen-bond donors (Lipinski definition) is 1. The fraction of sp³-hybridized carbons (Fsp3) is 0.0400. The third kappa shape index (κ3) is 3.84. The highest BCUT2D eigenvalue weighted by Gasteiger charge is 2.02. The summed E-state index contributed by atoms with van der Waals surface area (Å²) in [5.74, 6) is 0. The van der Waals surface area contributed by atoms with Gasteiger partial charge in [-0.15, -0.1) is 0 Å². The Morgan fingerprint density at radius 2 is 1.15 bits per heavy atom. The van der Waals surface area contributed by atoms with Crippen LogP contribution in [0.5, 0.6) is 0 Å². The molecule has 0 amide bonds. The molecule has 126 valence electrons. The van der Waals surface area contributed by atoms with E-state index in [9.17, 15) is 0 Å². The molecule has 0 spiro atoms. The Morgan fingerprint density at radius 1 is 0.538 bits per heavy atom. The van der Waals surface area contributed by atoms with Crippen LogP contribution in [0.4, 0.5) is 11.4 Å². The Morgan fingerprint density at radius 3 is 1.85 bits per heavy atom. The van der Waals surface area contributed by atoms with E-state index in [-0.39, 0.29) is 0 Å². The van der Waals surface area contributed by atoms with Crippen LogP contribution in [0, 0.1) is 0 Å². The lowest BCUT2D eigenvalue weighted by Gasteiger charge is -2.10. The van der Waals surface area contributed by atoms with Gasteiger partial charge in [-0.1, -0.05) is 85.0 Å². The Bertz CT molecular complexity index is 943. The first-order valence-electron chi connectivity index (χ1n) is 8.94. The van der Waals surface area contributed by atoms with Gasteiger partial charge in [-0.2, -0.15) is 0 Å². The normalized spacial score (nSPS) is 13.2. The highest BCUT2D eigenvalue weighted by atomic mass is 14.9. The zero-order valence-electron chi connectivity index (χ0n) is 14.6. The summed E-state index contributed by atoms with van der Waals surface area (Å²) in [6, 6.07) is 27.6. The summed E-state index contributed by atoms with van der Waals surface area (Å²) >= 11 is 0. The lowest BCUT2D eigenvalue weighted by atomic mass is 10.0. The molecule has 0 unspecified atom stereocenters. The van der Waals surface area contributed by atoms with Gasteiger partial charge < -0.3 is 5.32 Å². The van der Waals surface area contributed by atoms with Crippen LogP contribution in [-0.4, -0.2) is 0 Å². The van der Waals surface area contributed by atoms with Crippen molar-refractivity contribution in [1.29, 1.82) is 0 Å². The van der Waals surface area contributed by atoms with E-state index in [1.54, 1.807) is 0 Å². The number of hydrogen-bond acceptors (Lipinski definition) is 1. The molecule has 0 bridgehead atoms. The van der Waals surface area contributed by atoms with E-state index in [2.05, 4.69) is 108 Å². The number of allylic oxidation sites excluding steroid dienone is 6. The number of anilines is 2. The van der Waals surface area contributed by atoms with Crippen molar-refractivity contribution >= 4 is 16.9 Å². The van der Waals surface area contributed by atoms with Gasteiger partial charge in [0.1, 0.15) is 0 Å². The summed E-state index contributed by atoms with van der Waals surface area (Å²) < 4.78 is 0. The first-order chi connectivity index (χ1) is 12.9. The van der Waals surface area contributed by atoms with Crippen LogP contribution in [0.15, 0.2) is 109 Å². The van der Waals surface area contributed by atoms with Crippen molar-refractivity contribution in [3.8, 4) is 11.1 Å². The minimum Gasteiger partial charge on any atom is -0.356 e. The van der Waals surface area contributed by atoms with Crippen LogP contribution in [0.3, 0.4) is 0 Å². The van der Waals surface area contributed by atoms with Gasteiger partial charge >= 0.3 is 0 Å². The molecule has 0 atom stereocenters. The lowest BCUT2D eigenvalue weighted by molar-refractivity contribution is 1.39. The van der Waals surface area contributed by atoms with Crippen LogP contribution < -0.4 is 5.32 Å². The van der Waals surface area contributed by atoms with Gasteiger partial charge in [-0.25, -0.2) is 0 Å². The van der Waals surface area contributed by atoms with Crippen molar-refractivity contribution in [3.63, 3.8) is 0 Å². The van der Waals surface area contributed by atoms with Gasteiger partial charge in [0.25, 0.3) is 0 Å². The Labute approximate surface area is 155 Å². The van der Waals surface area contributed by atoms with E-state index in [4.69, 9.17) is 0 Å². The molecular weight excluding hydrogens is 314 g/mol. The highest BCUT2D eigenvalue weighted by Crippen LogP contribution is 2.25. The molecule has 1 aliphatic rings. The first kappa shape index (κ1) is 16.2. The molecule has 0 aromatic heterocycles. The number of benzene rings is 3. The molecule has 1 aliphatic carbocycles. The topological polar surface area (TPSA) is 12.0 Å². The number of nitrogens with one attached hydrogen (secondary N) is 1. The van der Waals surface area contributed by atoms with E-state index in [0.717, 1.165) is 17.8 Å². The van der Waals surface area contributed by atoms with Crippen molar-refractivity contribution in [2.45, 2.75) is 6.42 Å². The summed E-state index contributed by atoms with van der Waals surface area (Å²) in [6.45, 7) is 0. The van der Waals surface area contributed by atoms with Crippen LogP contribution in [0.1, 0.15) is 12.0 Å². The third-order valence-electron chi connectivity index (χ3n) is 4.53. The van der Waals surface area contributed by atoms with Crippen molar-refractivity contribution in [2.75, 3.05) is 5.32 Å². The predicted molar refractivity (Wildman–Crippen MR) is 112 cm³/mol. The largest absolute Gasteiger partial charge is 0.356 e. The summed E-state index contributed by atoms with van der Waals surface area (Å²) in [7, 11) is 0. The maximum atomic E-state index is 3.48. The van der Waals surface area contributed by atoms with Crippen molar-refractivity contribution in [2.24, 2.45) is 0 Å². The van der Waals surface area contributed by atoms with E-state index >= 15 is 0 Å². The lowest BCUT2D eigenvalue weighted by Crippen LogP contribution is -1.91. The van der Waals surface area contributed by atoms with Crippen molar-refractivity contribution in [3.05, 3.63) is 115 Å². The Hall–Kier alpha value is -3.32. The zero-order valence-corrected chi connectivity index (χ0v) is 14.6. The maximum absolute atomic E-state index is 3.48. The molecule has 0 radical (unpaired) electrons. The van der Waals surface area contributed by atoms with Crippen LogP contribution >= 0.6 is 0 Å². The summed E-state index contributed by atoms with van der Waals surface area (Å²) in [5, 5.41) is 3.48. The average molecular weight is 335 g/mol. The predicted octanol–water partition coefficient (Wildman–Crippen LogP) is 7.00. The third-order valence-corrected chi connectivity index (χ3v) is 4.53. The average Bonchev–Trinajstić information content (AvgIpc) is 2.99. The Balaban J connectivity index is 1.47. The molecule has 0 fully saturated rings. The molecule has 3 aromatic carbocycles. The van der Waals surface area contributed by atoms with Gasteiger partial charge in [0.2, 0.25) is 0 Å². The van der Waals surface area contributed by atoms with E-state index < -0.39 is 0 Å². The molecule has 0 aliphatic heterocycles. The quantitative estimate of drug-likeness (QED) is 0.541. The SMILES string of the molecule is C1=CC=C(c2ccc(Nc3ccc(-c4ccccc4)cc3)cc2)CC=C1. The van der Waals surface area contributed by atoms with Crippen LogP contribution in [0.2, 0.25) is 0 Å². The van der Waals surface area contributed by atoms with Gasteiger partial charge in [-0.05, 0) is 52.9 Å². The second-order valence-electron chi connectivity index (χ2n) is 6.35. The van der Waals surface area contributed by atoms with Gasteiger partial charge in [0.15, 0.2) is 0 Å². The molecule has 1 heteroatoms. The first-order valence-corrected chi connectivity index (χ1v) is 8.94. The molecule has 1 nitrogen and oxygen atoms in total. The van der Waals surface area contributed by atoms with Crippen LogP contribution in [-0.2, 0) is 0 Å². The fourth-order valence-electron chi connectivity index (χ4n) is 3.10. The van der Waals surface area contributed by atoms with E-state index in [0.29, 0.717) is 0 Å². The minimum atomic E-state index is 0.973. The monoisotopic (exact) mass is 335 g/mol. The fourth-order valence-corrected chi connectivity index (χ4v) is 3.10.